The lowest BCUT2D eigenvalue weighted by Gasteiger charge is -2.30. The first kappa shape index (κ1) is 16.4. The first-order valence-corrected chi connectivity index (χ1v) is 6.71. The Kier molecular flexibility index (Phi) is 9.09. The number of nitrogens with zero attached hydrogens (tertiary/aromatic N) is 2. The molecule has 0 aromatic carbocycles. The van der Waals surface area contributed by atoms with Gasteiger partial charge in [0.1, 0.15) is 0 Å². The van der Waals surface area contributed by atoms with Crippen LogP contribution in [0.1, 0.15) is 39.5 Å². The standard InChI is InChI=1S/C13H29N3O/c1-5-12(6-2)16(11-9-14)10-7-8-13(17)15(3)4/h12H,5-11,14H2,1-4H3. The Balaban J connectivity index is 4.04. The van der Waals surface area contributed by atoms with Gasteiger partial charge in [0.05, 0.1) is 0 Å². The van der Waals surface area contributed by atoms with E-state index in [1.54, 1.807) is 19.0 Å². The third-order valence-corrected chi connectivity index (χ3v) is 3.21. The number of hydrogen-bond donors (Lipinski definition) is 1. The Morgan fingerprint density at radius 1 is 1.18 bits per heavy atom. The molecule has 0 radical (unpaired) electrons. The minimum Gasteiger partial charge on any atom is -0.349 e. The Morgan fingerprint density at radius 3 is 2.18 bits per heavy atom. The Hall–Kier alpha value is -0.610. The van der Waals surface area contributed by atoms with Crippen molar-refractivity contribution in [2.45, 2.75) is 45.6 Å². The summed E-state index contributed by atoms with van der Waals surface area (Å²) in [5.41, 5.74) is 5.64. The van der Waals surface area contributed by atoms with Gasteiger partial charge in [-0.1, -0.05) is 13.8 Å². The molecule has 0 aliphatic rings. The highest BCUT2D eigenvalue weighted by atomic mass is 16.2. The predicted octanol–water partition coefficient (Wildman–Crippen LogP) is 1.30. The van der Waals surface area contributed by atoms with Crippen LogP contribution in [0.2, 0.25) is 0 Å². The van der Waals surface area contributed by atoms with Crippen LogP contribution >= 0.6 is 0 Å². The lowest BCUT2D eigenvalue weighted by atomic mass is 10.1. The van der Waals surface area contributed by atoms with Crippen molar-refractivity contribution in [1.29, 1.82) is 0 Å². The van der Waals surface area contributed by atoms with Crippen molar-refractivity contribution in [2.24, 2.45) is 5.73 Å². The summed E-state index contributed by atoms with van der Waals surface area (Å²) in [6.45, 7) is 7.02. The summed E-state index contributed by atoms with van der Waals surface area (Å²) < 4.78 is 0. The van der Waals surface area contributed by atoms with Crippen molar-refractivity contribution in [2.75, 3.05) is 33.7 Å². The van der Waals surface area contributed by atoms with E-state index in [4.69, 9.17) is 5.73 Å². The molecule has 0 fully saturated rings. The van der Waals surface area contributed by atoms with Crippen LogP contribution < -0.4 is 5.73 Å². The van der Waals surface area contributed by atoms with Crippen LogP contribution in [-0.2, 0) is 4.79 Å². The third-order valence-electron chi connectivity index (χ3n) is 3.21. The van der Waals surface area contributed by atoms with Gasteiger partial charge in [-0.05, 0) is 25.8 Å². The zero-order valence-electron chi connectivity index (χ0n) is 11.9. The van der Waals surface area contributed by atoms with Crippen LogP contribution in [0.3, 0.4) is 0 Å². The molecule has 4 nitrogen and oxygen atoms in total. The summed E-state index contributed by atoms with van der Waals surface area (Å²) in [6, 6.07) is 0.605. The van der Waals surface area contributed by atoms with Gasteiger partial charge in [-0.15, -0.1) is 0 Å². The second kappa shape index (κ2) is 9.42. The summed E-state index contributed by atoms with van der Waals surface area (Å²) in [6.07, 6.45) is 3.86. The van der Waals surface area contributed by atoms with Gasteiger partial charge >= 0.3 is 0 Å². The first-order valence-electron chi connectivity index (χ1n) is 6.71. The van der Waals surface area contributed by atoms with Gasteiger partial charge in [-0.25, -0.2) is 0 Å². The smallest absolute Gasteiger partial charge is 0.222 e. The van der Waals surface area contributed by atoms with Crippen LogP contribution in [0.4, 0.5) is 0 Å². The van der Waals surface area contributed by atoms with E-state index >= 15 is 0 Å². The highest BCUT2D eigenvalue weighted by Gasteiger charge is 2.14. The second-order valence-corrected chi connectivity index (χ2v) is 4.69. The SMILES string of the molecule is CCC(CC)N(CCN)CCCC(=O)N(C)C. The van der Waals surface area contributed by atoms with Gasteiger partial charge in [-0.2, -0.15) is 0 Å². The fraction of sp³-hybridized carbons (Fsp3) is 0.923. The molecular formula is C13H29N3O. The summed E-state index contributed by atoms with van der Waals surface area (Å²) >= 11 is 0. The summed E-state index contributed by atoms with van der Waals surface area (Å²) in [5.74, 6) is 0.210. The van der Waals surface area contributed by atoms with Gasteiger partial charge in [-0.3, -0.25) is 9.69 Å². The van der Waals surface area contributed by atoms with Gasteiger partial charge in [0, 0.05) is 39.6 Å². The van der Waals surface area contributed by atoms with E-state index in [9.17, 15) is 4.79 Å². The zero-order valence-corrected chi connectivity index (χ0v) is 11.9. The number of nitrogens with two attached hydrogens (primary N) is 1. The van der Waals surface area contributed by atoms with Crippen molar-refractivity contribution in [1.82, 2.24) is 9.80 Å². The number of amides is 1. The highest BCUT2D eigenvalue weighted by Crippen LogP contribution is 2.09. The van der Waals surface area contributed by atoms with Crippen molar-refractivity contribution < 1.29 is 4.79 Å². The molecule has 0 aromatic rings. The average Bonchev–Trinajstić information content (AvgIpc) is 2.30. The van der Waals surface area contributed by atoms with E-state index in [0.717, 1.165) is 32.4 Å². The largest absolute Gasteiger partial charge is 0.349 e. The number of carbonyl (C=O) groups excluding carboxylic acids is 1. The molecule has 0 heterocycles. The van der Waals surface area contributed by atoms with Crippen molar-refractivity contribution in [3.05, 3.63) is 0 Å². The molecule has 0 aliphatic carbocycles. The quantitative estimate of drug-likeness (QED) is 0.664. The van der Waals surface area contributed by atoms with Gasteiger partial charge < -0.3 is 10.6 Å². The summed E-state index contributed by atoms with van der Waals surface area (Å²) in [5, 5.41) is 0. The topological polar surface area (TPSA) is 49.6 Å². The molecule has 2 N–H and O–H groups in total. The fourth-order valence-corrected chi connectivity index (χ4v) is 2.10. The van der Waals surface area contributed by atoms with Crippen LogP contribution in [0, 0.1) is 0 Å². The molecule has 0 bridgehead atoms. The van der Waals surface area contributed by atoms with Gasteiger partial charge in [0.2, 0.25) is 5.91 Å². The minimum absolute atomic E-state index is 0.210. The summed E-state index contributed by atoms with van der Waals surface area (Å²) in [7, 11) is 3.61. The maximum atomic E-state index is 11.5. The monoisotopic (exact) mass is 243 g/mol. The van der Waals surface area contributed by atoms with Crippen molar-refractivity contribution in [3.8, 4) is 0 Å². The molecule has 0 aromatic heterocycles. The molecule has 1 amide bonds. The molecular weight excluding hydrogens is 214 g/mol. The third kappa shape index (κ3) is 6.64. The van der Waals surface area contributed by atoms with E-state index in [0.29, 0.717) is 19.0 Å². The predicted molar refractivity (Wildman–Crippen MR) is 72.9 cm³/mol. The zero-order chi connectivity index (χ0) is 13.3. The molecule has 0 rings (SSSR count). The van der Waals surface area contributed by atoms with Crippen LogP contribution in [0.5, 0.6) is 0 Å². The maximum Gasteiger partial charge on any atom is 0.222 e. The highest BCUT2D eigenvalue weighted by molar-refractivity contribution is 5.75. The number of rotatable bonds is 9. The number of hydrogen-bond acceptors (Lipinski definition) is 3. The molecule has 0 saturated carbocycles. The Morgan fingerprint density at radius 2 is 1.76 bits per heavy atom. The normalized spacial score (nSPS) is 11.2. The van der Waals surface area contributed by atoms with Crippen molar-refractivity contribution >= 4 is 5.91 Å². The molecule has 102 valence electrons. The van der Waals surface area contributed by atoms with E-state index in [1.165, 1.54) is 0 Å². The number of carbonyl (C=O) groups is 1. The van der Waals surface area contributed by atoms with E-state index < -0.39 is 0 Å². The molecule has 0 aliphatic heterocycles. The van der Waals surface area contributed by atoms with Crippen molar-refractivity contribution in [3.63, 3.8) is 0 Å². The van der Waals surface area contributed by atoms with E-state index in [-0.39, 0.29) is 5.91 Å². The summed E-state index contributed by atoms with van der Waals surface area (Å²) in [4.78, 5) is 15.6. The molecule has 17 heavy (non-hydrogen) atoms. The molecule has 4 heteroatoms. The average molecular weight is 243 g/mol. The molecule has 0 spiro atoms. The second-order valence-electron chi connectivity index (χ2n) is 4.69. The van der Waals surface area contributed by atoms with Crippen LogP contribution in [0.15, 0.2) is 0 Å². The first-order chi connectivity index (χ1) is 8.06. The molecule has 0 saturated heterocycles. The minimum atomic E-state index is 0.210. The van der Waals surface area contributed by atoms with Gasteiger partial charge in [0.25, 0.3) is 0 Å². The Bertz CT molecular complexity index is 203. The van der Waals surface area contributed by atoms with Crippen LogP contribution in [0.25, 0.3) is 0 Å². The van der Waals surface area contributed by atoms with Gasteiger partial charge in [0.15, 0.2) is 0 Å². The lowest BCUT2D eigenvalue weighted by Crippen LogP contribution is -2.39. The lowest BCUT2D eigenvalue weighted by molar-refractivity contribution is -0.128. The van der Waals surface area contributed by atoms with E-state index in [1.807, 2.05) is 0 Å². The maximum absolute atomic E-state index is 11.5. The molecule has 0 atom stereocenters. The Labute approximate surface area is 106 Å². The van der Waals surface area contributed by atoms with E-state index in [2.05, 4.69) is 18.7 Å². The fourth-order valence-electron chi connectivity index (χ4n) is 2.10. The molecule has 0 unspecified atom stereocenters. The van der Waals surface area contributed by atoms with Crippen LogP contribution in [-0.4, -0.2) is 55.5 Å².